The van der Waals surface area contributed by atoms with Crippen LogP contribution in [-0.4, -0.2) is 27.4 Å². The topological polar surface area (TPSA) is 66.5 Å². The van der Waals surface area contributed by atoms with Gasteiger partial charge in [-0.3, -0.25) is 9.10 Å². The summed E-state index contributed by atoms with van der Waals surface area (Å²) in [6, 6.07) is 11.4. The van der Waals surface area contributed by atoms with E-state index in [9.17, 15) is 13.2 Å². The van der Waals surface area contributed by atoms with Crippen LogP contribution in [0, 0.1) is 13.8 Å². The first kappa shape index (κ1) is 19.3. The van der Waals surface area contributed by atoms with Gasteiger partial charge in [0.1, 0.15) is 6.54 Å². The van der Waals surface area contributed by atoms with Gasteiger partial charge in [-0.15, -0.1) is 0 Å². The van der Waals surface area contributed by atoms with E-state index in [0.29, 0.717) is 22.8 Å². The molecular weight excluding hydrogens is 360 g/mol. The van der Waals surface area contributed by atoms with Gasteiger partial charge in [0.05, 0.1) is 10.6 Å². The summed E-state index contributed by atoms with van der Waals surface area (Å²) in [7, 11) is -3.89. The number of benzene rings is 2. The van der Waals surface area contributed by atoms with Gasteiger partial charge in [-0.1, -0.05) is 29.3 Å². The maximum absolute atomic E-state index is 13.1. The molecule has 2 aromatic rings. The molecule has 5 nitrogen and oxygen atoms in total. The smallest absolute Gasteiger partial charge is 0.264 e. The summed E-state index contributed by atoms with van der Waals surface area (Å²) >= 11 is 5.98. The second kappa shape index (κ2) is 7.89. The van der Waals surface area contributed by atoms with E-state index in [0.717, 1.165) is 9.87 Å². The summed E-state index contributed by atoms with van der Waals surface area (Å²) in [5, 5.41) is 3.14. The third-order valence-corrected chi connectivity index (χ3v) is 5.71. The summed E-state index contributed by atoms with van der Waals surface area (Å²) in [6.45, 7) is 5.55. The number of sulfonamides is 1. The highest BCUT2D eigenvalue weighted by atomic mass is 35.5. The van der Waals surface area contributed by atoms with E-state index in [1.54, 1.807) is 56.3 Å². The Morgan fingerprint density at radius 1 is 1.12 bits per heavy atom. The summed E-state index contributed by atoms with van der Waals surface area (Å²) in [5.41, 5.74) is 2.06. The van der Waals surface area contributed by atoms with Crippen LogP contribution in [0.2, 0.25) is 5.02 Å². The van der Waals surface area contributed by atoms with Crippen molar-refractivity contribution < 1.29 is 13.2 Å². The van der Waals surface area contributed by atoms with Crippen molar-refractivity contribution in [1.29, 1.82) is 0 Å². The molecule has 0 aromatic heterocycles. The second-order valence-corrected chi connectivity index (χ2v) is 8.01. The highest BCUT2D eigenvalue weighted by Crippen LogP contribution is 2.28. The van der Waals surface area contributed by atoms with E-state index in [1.165, 1.54) is 0 Å². The SMILES string of the molecule is CCNC(=O)CN(c1ccc(Cl)cc1C)S(=O)(=O)c1ccc(C)cc1. The molecule has 0 bridgehead atoms. The van der Waals surface area contributed by atoms with Gasteiger partial charge in [0.15, 0.2) is 0 Å². The summed E-state index contributed by atoms with van der Waals surface area (Å²) in [4.78, 5) is 12.2. The Balaban J connectivity index is 2.53. The molecule has 0 radical (unpaired) electrons. The first-order chi connectivity index (χ1) is 11.8. The Bertz CT molecular complexity index is 864. The average Bonchev–Trinajstić information content (AvgIpc) is 2.54. The lowest BCUT2D eigenvalue weighted by Gasteiger charge is -2.25. The molecular formula is C18H21ClN2O3S. The summed E-state index contributed by atoms with van der Waals surface area (Å²) in [5.74, 6) is -0.368. The molecule has 1 amide bonds. The van der Waals surface area contributed by atoms with Gasteiger partial charge in [0, 0.05) is 11.6 Å². The van der Waals surface area contributed by atoms with E-state index in [-0.39, 0.29) is 17.3 Å². The van der Waals surface area contributed by atoms with Gasteiger partial charge in [-0.25, -0.2) is 8.42 Å². The maximum atomic E-state index is 13.1. The number of rotatable bonds is 6. The molecule has 2 aromatic carbocycles. The van der Waals surface area contributed by atoms with Gasteiger partial charge in [0.2, 0.25) is 5.91 Å². The predicted octanol–water partition coefficient (Wildman–Crippen LogP) is 3.29. The summed E-state index contributed by atoms with van der Waals surface area (Å²) < 4.78 is 27.4. The van der Waals surface area contributed by atoms with Crippen molar-refractivity contribution in [3.8, 4) is 0 Å². The largest absolute Gasteiger partial charge is 0.355 e. The fraction of sp³-hybridized carbons (Fsp3) is 0.278. The Hall–Kier alpha value is -2.05. The van der Waals surface area contributed by atoms with Crippen LogP contribution in [0.25, 0.3) is 0 Å². The molecule has 1 N–H and O–H groups in total. The highest BCUT2D eigenvalue weighted by molar-refractivity contribution is 7.92. The van der Waals surface area contributed by atoms with Crippen LogP contribution in [0.15, 0.2) is 47.4 Å². The first-order valence-electron chi connectivity index (χ1n) is 7.88. The van der Waals surface area contributed by atoms with Crippen LogP contribution < -0.4 is 9.62 Å². The number of likely N-dealkylation sites (N-methyl/N-ethyl adjacent to an activating group) is 1. The van der Waals surface area contributed by atoms with Crippen LogP contribution >= 0.6 is 11.6 Å². The van der Waals surface area contributed by atoms with Crippen molar-refractivity contribution in [1.82, 2.24) is 5.32 Å². The number of nitrogens with one attached hydrogen (secondary N) is 1. The van der Waals surface area contributed by atoms with E-state index in [4.69, 9.17) is 11.6 Å². The van der Waals surface area contributed by atoms with E-state index in [1.807, 2.05) is 6.92 Å². The third kappa shape index (κ3) is 4.52. The summed E-state index contributed by atoms with van der Waals surface area (Å²) in [6.07, 6.45) is 0. The zero-order valence-corrected chi connectivity index (χ0v) is 16.0. The molecule has 0 aliphatic carbocycles. The number of hydrogen-bond acceptors (Lipinski definition) is 3. The van der Waals surface area contributed by atoms with Crippen LogP contribution in [0.4, 0.5) is 5.69 Å². The van der Waals surface area contributed by atoms with Crippen molar-refractivity contribution in [2.75, 3.05) is 17.4 Å². The van der Waals surface area contributed by atoms with Crippen LogP contribution in [0.3, 0.4) is 0 Å². The van der Waals surface area contributed by atoms with Crippen molar-refractivity contribution in [2.45, 2.75) is 25.7 Å². The molecule has 0 fully saturated rings. The van der Waals surface area contributed by atoms with Crippen LogP contribution in [-0.2, 0) is 14.8 Å². The van der Waals surface area contributed by atoms with Gasteiger partial charge in [-0.05, 0) is 56.7 Å². The standard InChI is InChI=1S/C18H21ClN2O3S/c1-4-20-18(22)12-21(17-10-7-15(19)11-14(17)3)25(23,24)16-8-5-13(2)6-9-16/h5-11H,4,12H2,1-3H3,(H,20,22). The number of nitrogens with zero attached hydrogens (tertiary/aromatic N) is 1. The molecule has 7 heteroatoms. The Morgan fingerprint density at radius 2 is 1.76 bits per heavy atom. The average molecular weight is 381 g/mol. The zero-order valence-electron chi connectivity index (χ0n) is 14.4. The van der Waals surface area contributed by atoms with E-state index in [2.05, 4.69) is 5.32 Å². The zero-order chi connectivity index (χ0) is 18.6. The molecule has 0 atom stereocenters. The lowest BCUT2D eigenvalue weighted by molar-refractivity contribution is -0.119. The van der Waals surface area contributed by atoms with Crippen molar-refractivity contribution in [3.05, 3.63) is 58.6 Å². The molecule has 134 valence electrons. The molecule has 0 saturated carbocycles. The fourth-order valence-electron chi connectivity index (χ4n) is 2.42. The Morgan fingerprint density at radius 3 is 2.32 bits per heavy atom. The normalized spacial score (nSPS) is 11.2. The number of amides is 1. The quantitative estimate of drug-likeness (QED) is 0.836. The molecule has 2 rings (SSSR count). The first-order valence-corrected chi connectivity index (χ1v) is 9.69. The molecule has 0 aliphatic heterocycles. The van der Waals surface area contributed by atoms with Gasteiger partial charge in [0.25, 0.3) is 10.0 Å². The predicted molar refractivity (Wildman–Crippen MR) is 101 cm³/mol. The molecule has 0 aliphatic rings. The number of anilines is 1. The number of halogens is 1. The minimum absolute atomic E-state index is 0.136. The van der Waals surface area contributed by atoms with Gasteiger partial charge >= 0.3 is 0 Å². The Kier molecular flexibility index (Phi) is 6.08. The fourth-order valence-corrected chi connectivity index (χ4v) is 4.13. The number of aryl methyl sites for hydroxylation is 2. The van der Waals surface area contributed by atoms with Crippen molar-refractivity contribution in [3.63, 3.8) is 0 Å². The monoisotopic (exact) mass is 380 g/mol. The van der Waals surface area contributed by atoms with Crippen LogP contribution in [0.1, 0.15) is 18.1 Å². The highest BCUT2D eigenvalue weighted by Gasteiger charge is 2.28. The Labute approximate surface area is 153 Å². The lowest BCUT2D eigenvalue weighted by atomic mass is 10.2. The van der Waals surface area contributed by atoms with Gasteiger partial charge in [-0.2, -0.15) is 0 Å². The maximum Gasteiger partial charge on any atom is 0.264 e. The second-order valence-electron chi connectivity index (χ2n) is 5.71. The molecule has 0 heterocycles. The van der Waals surface area contributed by atoms with Crippen LogP contribution in [0.5, 0.6) is 0 Å². The minimum Gasteiger partial charge on any atom is -0.355 e. The molecule has 0 unspecified atom stereocenters. The van der Waals surface area contributed by atoms with Crippen molar-refractivity contribution in [2.24, 2.45) is 0 Å². The van der Waals surface area contributed by atoms with E-state index >= 15 is 0 Å². The van der Waals surface area contributed by atoms with Crippen molar-refractivity contribution >= 4 is 33.2 Å². The lowest BCUT2D eigenvalue weighted by Crippen LogP contribution is -2.41. The molecule has 25 heavy (non-hydrogen) atoms. The third-order valence-electron chi connectivity index (χ3n) is 3.70. The van der Waals surface area contributed by atoms with E-state index < -0.39 is 10.0 Å². The molecule has 0 spiro atoms. The number of carbonyl (C=O) groups is 1. The minimum atomic E-state index is -3.89. The number of hydrogen-bond donors (Lipinski definition) is 1. The number of carbonyl (C=O) groups excluding carboxylic acids is 1. The van der Waals surface area contributed by atoms with Gasteiger partial charge < -0.3 is 5.32 Å². The molecule has 0 saturated heterocycles.